The summed E-state index contributed by atoms with van der Waals surface area (Å²) in [5, 5.41) is 3.48. The third kappa shape index (κ3) is 6.06. The molecule has 1 aliphatic heterocycles. The molecule has 1 saturated heterocycles. The summed E-state index contributed by atoms with van der Waals surface area (Å²) in [6, 6.07) is 18.9. The SMILES string of the molecule is CC(N=C1CCCCCN1)c1ccccc1OCCc1ccccc1.Cl. The van der Waals surface area contributed by atoms with Gasteiger partial charge in [0.25, 0.3) is 0 Å². The Morgan fingerprint density at radius 2 is 1.77 bits per heavy atom. The van der Waals surface area contributed by atoms with Crippen molar-refractivity contribution in [3.63, 3.8) is 0 Å². The number of nitrogens with one attached hydrogen (secondary N) is 1. The Labute approximate surface area is 163 Å². The van der Waals surface area contributed by atoms with Crippen LogP contribution in [-0.4, -0.2) is 19.0 Å². The summed E-state index contributed by atoms with van der Waals surface area (Å²) in [6.07, 6.45) is 5.74. The second kappa shape index (κ2) is 10.9. The van der Waals surface area contributed by atoms with Crippen LogP contribution in [0.25, 0.3) is 0 Å². The van der Waals surface area contributed by atoms with Crippen molar-refractivity contribution >= 4 is 18.2 Å². The average Bonchev–Trinajstić information content (AvgIpc) is 2.92. The molecule has 1 heterocycles. The van der Waals surface area contributed by atoms with Crippen molar-refractivity contribution < 1.29 is 4.74 Å². The predicted molar refractivity (Wildman–Crippen MR) is 112 cm³/mol. The monoisotopic (exact) mass is 372 g/mol. The number of hydrogen-bond donors (Lipinski definition) is 1. The summed E-state index contributed by atoms with van der Waals surface area (Å²) >= 11 is 0. The lowest BCUT2D eigenvalue weighted by atomic mass is 10.1. The molecule has 0 bridgehead atoms. The van der Waals surface area contributed by atoms with E-state index in [4.69, 9.17) is 9.73 Å². The lowest BCUT2D eigenvalue weighted by molar-refractivity contribution is 0.317. The van der Waals surface area contributed by atoms with Crippen LogP contribution in [0.1, 0.15) is 49.8 Å². The number of nitrogens with zero attached hydrogens (tertiary/aromatic N) is 1. The van der Waals surface area contributed by atoms with E-state index >= 15 is 0 Å². The van der Waals surface area contributed by atoms with Crippen LogP contribution in [0.2, 0.25) is 0 Å². The summed E-state index contributed by atoms with van der Waals surface area (Å²) in [6.45, 7) is 3.88. The van der Waals surface area contributed by atoms with Crippen molar-refractivity contribution in [3.05, 3.63) is 65.7 Å². The zero-order valence-electron chi connectivity index (χ0n) is 15.5. The van der Waals surface area contributed by atoms with Gasteiger partial charge in [0, 0.05) is 24.9 Å². The van der Waals surface area contributed by atoms with Crippen molar-refractivity contribution in [2.45, 2.75) is 45.1 Å². The molecule has 0 amide bonds. The van der Waals surface area contributed by atoms with Gasteiger partial charge in [0.2, 0.25) is 0 Å². The highest BCUT2D eigenvalue weighted by atomic mass is 35.5. The number of amidine groups is 1. The third-order valence-corrected chi connectivity index (χ3v) is 4.63. The van der Waals surface area contributed by atoms with Gasteiger partial charge in [-0.3, -0.25) is 4.99 Å². The van der Waals surface area contributed by atoms with Crippen LogP contribution in [0, 0.1) is 0 Å². The molecule has 26 heavy (non-hydrogen) atoms. The quantitative estimate of drug-likeness (QED) is 0.741. The minimum Gasteiger partial charge on any atom is -0.493 e. The third-order valence-electron chi connectivity index (χ3n) is 4.63. The highest BCUT2D eigenvalue weighted by Crippen LogP contribution is 2.28. The van der Waals surface area contributed by atoms with E-state index in [0.29, 0.717) is 6.61 Å². The van der Waals surface area contributed by atoms with E-state index in [2.05, 4.69) is 54.7 Å². The molecule has 1 atom stereocenters. The van der Waals surface area contributed by atoms with Gasteiger partial charge in [0.15, 0.2) is 0 Å². The maximum atomic E-state index is 6.09. The number of ether oxygens (including phenoxy) is 1. The van der Waals surface area contributed by atoms with Gasteiger partial charge >= 0.3 is 0 Å². The van der Waals surface area contributed by atoms with E-state index in [1.165, 1.54) is 24.8 Å². The Bertz CT molecular complexity index is 678. The molecule has 3 rings (SSSR count). The summed E-state index contributed by atoms with van der Waals surface area (Å²) in [7, 11) is 0. The van der Waals surface area contributed by atoms with Gasteiger partial charge in [-0.15, -0.1) is 12.4 Å². The fraction of sp³-hybridized carbons (Fsp3) is 0.409. The van der Waals surface area contributed by atoms with Crippen LogP contribution in [0.5, 0.6) is 5.75 Å². The number of rotatable bonds is 6. The summed E-state index contributed by atoms with van der Waals surface area (Å²) in [5.74, 6) is 2.09. The molecule has 0 saturated carbocycles. The molecule has 1 N–H and O–H groups in total. The standard InChI is InChI=1S/C22H28N2O.ClH/c1-18(24-22-14-6-3-9-16-23-22)20-12-7-8-13-21(20)25-17-15-19-10-4-2-5-11-19;/h2,4-5,7-8,10-13,18H,3,6,9,14-17H2,1H3,(H,23,24);1H. The second-order valence-electron chi connectivity index (χ2n) is 6.61. The molecule has 1 unspecified atom stereocenters. The van der Waals surface area contributed by atoms with E-state index in [1.54, 1.807) is 0 Å². The molecule has 2 aromatic carbocycles. The molecular formula is C22H29ClN2O. The number of halogens is 1. The first-order valence-corrected chi connectivity index (χ1v) is 9.39. The maximum Gasteiger partial charge on any atom is 0.124 e. The fourth-order valence-electron chi connectivity index (χ4n) is 3.21. The maximum absolute atomic E-state index is 6.09. The fourth-order valence-corrected chi connectivity index (χ4v) is 3.21. The molecule has 0 spiro atoms. The van der Waals surface area contributed by atoms with Crippen molar-refractivity contribution in [3.8, 4) is 5.75 Å². The van der Waals surface area contributed by atoms with E-state index < -0.39 is 0 Å². The highest BCUT2D eigenvalue weighted by molar-refractivity contribution is 5.85. The van der Waals surface area contributed by atoms with Crippen molar-refractivity contribution in [1.29, 1.82) is 0 Å². The lowest BCUT2D eigenvalue weighted by Crippen LogP contribution is -2.22. The van der Waals surface area contributed by atoms with Crippen LogP contribution in [0.3, 0.4) is 0 Å². The first-order valence-electron chi connectivity index (χ1n) is 9.39. The molecule has 2 aromatic rings. The van der Waals surface area contributed by atoms with Gasteiger partial charge in [-0.05, 0) is 31.4 Å². The Hall–Kier alpha value is -2.00. The molecule has 140 valence electrons. The molecule has 1 fully saturated rings. The van der Waals surface area contributed by atoms with Crippen LogP contribution < -0.4 is 10.1 Å². The number of benzene rings is 2. The molecule has 0 aromatic heterocycles. The molecule has 0 aliphatic carbocycles. The summed E-state index contributed by atoms with van der Waals surface area (Å²) in [5.41, 5.74) is 2.46. The molecule has 1 aliphatic rings. The Kier molecular flexibility index (Phi) is 8.49. The molecule has 4 heteroatoms. The summed E-state index contributed by atoms with van der Waals surface area (Å²) < 4.78 is 6.09. The summed E-state index contributed by atoms with van der Waals surface area (Å²) in [4.78, 5) is 4.92. The lowest BCUT2D eigenvalue weighted by Gasteiger charge is -2.16. The Balaban J connectivity index is 0.00000243. The predicted octanol–water partition coefficient (Wildman–Crippen LogP) is 5.35. The van der Waals surface area contributed by atoms with E-state index in [-0.39, 0.29) is 18.4 Å². The average molecular weight is 373 g/mol. The first-order chi connectivity index (χ1) is 12.3. The van der Waals surface area contributed by atoms with Crippen LogP contribution >= 0.6 is 12.4 Å². The molecular weight excluding hydrogens is 344 g/mol. The largest absolute Gasteiger partial charge is 0.493 e. The number of hydrogen-bond acceptors (Lipinski definition) is 2. The zero-order valence-corrected chi connectivity index (χ0v) is 16.3. The minimum atomic E-state index is 0. The van der Waals surface area contributed by atoms with Crippen molar-refractivity contribution in [1.82, 2.24) is 5.32 Å². The number of para-hydroxylation sites is 1. The first kappa shape index (κ1) is 20.3. The van der Waals surface area contributed by atoms with Gasteiger partial charge in [0.1, 0.15) is 5.75 Å². The smallest absolute Gasteiger partial charge is 0.124 e. The van der Waals surface area contributed by atoms with E-state index in [1.807, 2.05) is 12.1 Å². The highest BCUT2D eigenvalue weighted by Gasteiger charge is 2.12. The van der Waals surface area contributed by atoms with Gasteiger partial charge in [-0.1, -0.05) is 55.0 Å². The minimum absolute atomic E-state index is 0. The van der Waals surface area contributed by atoms with Crippen molar-refractivity contribution in [2.75, 3.05) is 13.2 Å². The van der Waals surface area contributed by atoms with Gasteiger partial charge < -0.3 is 10.1 Å². The van der Waals surface area contributed by atoms with Crippen LogP contribution in [0.4, 0.5) is 0 Å². The number of aliphatic imine (C=N–C) groups is 1. The Morgan fingerprint density at radius 1 is 1.00 bits per heavy atom. The molecule has 3 nitrogen and oxygen atoms in total. The van der Waals surface area contributed by atoms with Crippen LogP contribution in [-0.2, 0) is 6.42 Å². The second-order valence-corrected chi connectivity index (χ2v) is 6.61. The Morgan fingerprint density at radius 3 is 2.62 bits per heavy atom. The normalized spacial score (nSPS) is 16.9. The van der Waals surface area contributed by atoms with Gasteiger partial charge in [0.05, 0.1) is 18.5 Å². The van der Waals surface area contributed by atoms with Crippen LogP contribution in [0.15, 0.2) is 59.6 Å². The molecule has 0 radical (unpaired) electrons. The van der Waals surface area contributed by atoms with Gasteiger partial charge in [-0.25, -0.2) is 0 Å². The van der Waals surface area contributed by atoms with E-state index in [0.717, 1.165) is 36.5 Å². The van der Waals surface area contributed by atoms with E-state index in [9.17, 15) is 0 Å². The topological polar surface area (TPSA) is 33.6 Å². The van der Waals surface area contributed by atoms with Crippen molar-refractivity contribution in [2.24, 2.45) is 4.99 Å². The van der Waals surface area contributed by atoms with Gasteiger partial charge in [-0.2, -0.15) is 0 Å². The zero-order chi connectivity index (χ0) is 17.3.